The summed E-state index contributed by atoms with van der Waals surface area (Å²) in [4.78, 5) is 4.06. The highest BCUT2D eigenvalue weighted by molar-refractivity contribution is 6.31. The first-order valence-electron chi connectivity index (χ1n) is 6.44. The smallest absolute Gasteiger partial charge is 0.0847 e. The number of rotatable bonds is 5. The molecule has 0 aliphatic carbocycles. The van der Waals surface area contributed by atoms with Gasteiger partial charge in [-0.2, -0.15) is 5.10 Å². The van der Waals surface area contributed by atoms with E-state index < -0.39 is 0 Å². The van der Waals surface area contributed by atoms with Gasteiger partial charge in [0.05, 0.1) is 16.4 Å². The Hall–Kier alpha value is -1.39. The Labute approximate surface area is 118 Å². The topological polar surface area (TPSA) is 42.7 Å². The lowest BCUT2D eigenvalue weighted by atomic mass is 10.0. The molecule has 1 atom stereocenters. The van der Waals surface area contributed by atoms with Crippen molar-refractivity contribution in [2.75, 3.05) is 6.54 Å². The molecule has 0 radical (unpaired) electrons. The molecule has 2 aromatic rings. The monoisotopic (exact) mass is 278 g/mol. The third kappa shape index (κ3) is 3.14. The van der Waals surface area contributed by atoms with Gasteiger partial charge in [0.25, 0.3) is 0 Å². The molecule has 0 bridgehead atoms. The maximum absolute atomic E-state index is 6.32. The lowest BCUT2D eigenvalue weighted by molar-refractivity contribution is 0.528. The molecule has 0 saturated carbocycles. The van der Waals surface area contributed by atoms with Crippen LogP contribution >= 0.6 is 11.6 Å². The molecule has 0 aromatic carbocycles. The third-order valence-corrected chi connectivity index (χ3v) is 3.71. The van der Waals surface area contributed by atoms with Gasteiger partial charge in [-0.05, 0) is 31.2 Å². The molecule has 0 aliphatic heterocycles. The summed E-state index contributed by atoms with van der Waals surface area (Å²) in [7, 11) is 1.93. The molecular weight excluding hydrogens is 260 g/mol. The van der Waals surface area contributed by atoms with Crippen molar-refractivity contribution in [3.05, 3.63) is 46.5 Å². The summed E-state index contributed by atoms with van der Waals surface area (Å²) in [5, 5.41) is 8.61. The van der Waals surface area contributed by atoms with Gasteiger partial charge in [0, 0.05) is 31.9 Å². The van der Waals surface area contributed by atoms with Crippen molar-refractivity contribution in [3.8, 4) is 0 Å². The van der Waals surface area contributed by atoms with Gasteiger partial charge >= 0.3 is 0 Å². The zero-order valence-corrected chi connectivity index (χ0v) is 12.3. The minimum Gasteiger partial charge on any atom is -0.310 e. The molecule has 2 heterocycles. The third-order valence-electron chi connectivity index (χ3n) is 3.22. The van der Waals surface area contributed by atoms with Gasteiger partial charge in [-0.25, -0.2) is 0 Å². The van der Waals surface area contributed by atoms with Crippen LogP contribution in [-0.4, -0.2) is 21.3 Å². The molecular formula is C14H19ClN4. The Balaban J connectivity index is 2.26. The lowest BCUT2D eigenvalue weighted by Crippen LogP contribution is -2.24. The van der Waals surface area contributed by atoms with E-state index in [2.05, 4.69) is 22.3 Å². The maximum atomic E-state index is 6.32. The van der Waals surface area contributed by atoms with E-state index in [0.29, 0.717) is 0 Å². The predicted molar refractivity (Wildman–Crippen MR) is 77.3 cm³/mol. The second-order valence-corrected chi connectivity index (χ2v) is 4.94. The Morgan fingerprint density at radius 1 is 1.37 bits per heavy atom. The molecule has 1 N–H and O–H groups in total. The van der Waals surface area contributed by atoms with Crippen molar-refractivity contribution in [2.24, 2.45) is 7.05 Å². The Bertz CT molecular complexity index is 536. The number of halogens is 1. The van der Waals surface area contributed by atoms with E-state index in [9.17, 15) is 0 Å². The number of hydrogen-bond acceptors (Lipinski definition) is 3. The van der Waals surface area contributed by atoms with Gasteiger partial charge < -0.3 is 5.32 Å². The highest BCUT2D eigenvalue weighted by Gasteiger charge is 2.17. The summed E-state index contributed by atoms with van der Waals surface area (Å²) in [5.41, 5.74) is 3.15. The molecule has 0 fully saturated rings. The first kappa shape index (κ1) is 14.0. The van der Waals surface area contributed by atoms with E-state index in [4.69, 9.17) is 11.6 Å². The molecule has 4 nitrogen and oxygen atoms in total. The first-order chi connectivity index (χ1) is 9.13. The number of aromatic nitrogens is 3. The average molecular weight is 279 g/mol. The molecule has 0 saturated heterocycles. The number of likely N-dealkylation sites (N-methyl/N-ethyl adjacent to an activating group) is 1. The van der Waals surface area contributed by atoms with Crippen LogP contribution in [0.1, 0.15) is 29.9 Å². The Morgan fingerprint density at radius 2 is 2.05 bits per heavy atom. The minimum atomic E-state index is 0.222. The van der Waals surface area contributed by atoms with E-state index in [1.165, 1.54) is 5.56 Å². The van der Waals surface area contributed by atoms with Crippen molar-refractivity contribution < 1.29 is 0 Å². The summed E-state index contributed by atoms with van der Waals surface area (Å²) in [6.45, 7) is 4.94. The number of hydrogen-bond donors (Lipinski definition) is 1. The summed E-state index contributed by atoms with van der Waals surface area (Å²) in [5.74, 6) is 0. The van der Waals surface area contributed by atoms with Crippen LogP contribution < -0.4 is 5.32 Å². The van der Waals surface area contributed by atoms with Crippen LogP contribution in [0.25, 0.3) is 0 Å². The van der Waals surface area contributed by atoms with Crippen LogP contribution in [0.5, 0.6) is 0 Å². The second kappa shape index (κ2) is 6.17. The van der Waals surface area contributed by atoms with Gasteiger partial charge in [-0.15, -0.1) is 0 Å². The molecule has 2 aromatic heterocycles. The summed E-state index contributed by atoms with van der Waals surface area (Å²) < 4.78 is 1.86. The van der Waals surface area contributed by atoms with E-state index in [0.717, 1.165) is 29.4 Å². The first-order valence-corrected chi connectivity index (χ1v) is 6.82. The van der Waals surface area contributed by atoms with Crippen molar-refractivity contribution in [1.82, 2.24) is 20.1 Å². The van der Waals surface area contributed by atoms with E-state index in [-0.39, 0.29) is 6.04 Å². The zero-order chi connectivity index (χ0) is 13.8. The average Bonchev–Trinajstić information content (AvgIpc) is 2.65. The second-order valence-electron chi connectivity index (χ2n) is 4.56. The largest absolute Gasteiger partial charge is 0.310 e. The number of pyridine rings is 1. The fourth-order valence-electron chi connectivity index (χ4n) is 2.25. The van der Waals surface area contributed by atoms with Crippen molar-refractivity contribution in [1.29, 1.82) is 0 Å². The van der Waals surface area contributed by atoms with Crippen LogP contribution in [0.4, 0.5) is 0 Å². The van der Waals surface area contributed by atoms with Crippen molar-refractivity contribution >= 4 is 11.6 Å². The highest BCUT2D eigenvalue weighted by atomic mass is 35.5. The fraction of sp³-hybridized carbons (Fsp3) is 0.429. The standard InChI is InChI=1S/C14H19ClN4/c1-4-17-12(11-5-7-16-8-6-11)9-13-14(15)10(2)18-19(13)3/h5-8,12,17H,4,9H2,1-3H3. The molecule has 0 aliphatic rings. The number of nitrogens with zero attached hydrogens (tertiary/aromatic N) is 3. The van der Waals surface area contributed by atoms with Crippen LogP contribution in [0.3, 0.4) is 0 Å². The van der Waals surface area contributed by atoms with Crippen molar-refractivity contribution in [2.45, 2.75) is 26.3 Å². The fourth-order valence-corrected chi connectivity index (χ4v) is 2.48. The maximum Gasteiger partial charge on any atom is 0.0847 e. The molecule has 0 spiro atoms. The quantitative estimate of drug-likeness (QED) is 0.914. The van der Waals surface area contributed by atoms with Crippen LogP contribution in [0.15, 0.2) is 24.5 Å². The van der Waals surface area contributed by atoms with Gasteiger partial charge in [0.2, 0.25) is 0 Å². The minimum absolute atomic E-state index is 0.222. The van der Waals surface area contributed by atoms with Crippen LogP contribution in [0.2, 0.25) is 5.02 Å². The van der Waals surface area contributed by atoms with Crippen molar-refractivity contribution in [3.63, 3.8) is 0 Å². The predicted octanol–water partition coefficient (Wildman–Crippen LogP) is 2.67. The number of aryl methyl sites for hydroxylation is 2. The van der Waals surface area contributed by atoms with Crippen LogP contribution in [0, 0.1) is 6.92 Å². The summed E-state index contributed by atoms with van der Waals surface area (Å²) in [6.07, 6.45) is 4.44. The van der Waals surface area contributed by atoms with E-state index in [1.54, 1.807) is 0 Å². The highest BCUT2D eigenvalue weighted by Crippen LogP contribution is 2.25. The van der Waals surface area contributed by atoms with E-state index >= 15 is 0 Å². The normalized spacial score (nSPS) is 12.6. The lowest BCUT2D eigenvalue weighted by Gasteiger charge is -2.18. The Morgan fingerprint density at radius 3 is 2.58 bits per heavy atom. The van der Waals surface area contributed by atoms with E-state index in [1.807, 2.05) is 43.2 Å². The molecule has 5 heteroatoms. The summed E-state index contributed by atoms with van der Waals surface area (Å²) >= 11 is 6.32. The molecule has 1 unspecified atom stereocenters. The molecule has 0 amide bonds. The molecule has 2 rings (SSSR count). The molecule has 102 valence electrons. The van der Waals surface area contributed by atoms with Crippen LogP contribution in [-0.2, 0) is 13.5 Å². The Kier molecular flexibility index (Phi) is 4.56. The van der Waals surface area contributed by atoms with Gasteiger partial charge in [0.1, 0.15) is 0 Å². The van der Waals surface area contributed by atoms with Gasteiger partial charge in [0.15, 0.2) is 0 Å². The SMILES string of the molecule is CCNC(Cc1c(Cl)c(C)nn1C)c1ccncc1. The summed E-state index contributed by atoms with van der Waals surface area (Å²) in [6, 6.07) is 4.29. The van der Waals surface area contributed by atoms with Gasteiger partial charge in [-0.1, -0.05) is 18.5 Å². The molecule has 19 heavy (non-hydrogen) atoms. The number of nitrogens with one attached hydrogen (secondary N) is 1. The zero-order valence-electron chi connectivity index (χ0n) is 11.5. The van der Waals surface area contributed by atoms with Gasteiger partial charge in [-0.3, -0.25) is 9.67 Å².